The summed E-state index contributed by atoms with van der Waals surface area (Å²) in [6.07, 6.45) is 0.142. The Hall–Kier alpha value is -3.26. The van der Waals surface area contributed by atoms with E-state index < -0.39 is 5.97 Å². The molecule has 2 heterocycles. The molecule has 8 heteroatoms. The molecule has 32 heavy (non-hydrogen) atoms. The van der Waals surface area contributed by atoms with Gasteiger partial charge in [0.2, 0.25) is 0 Å². The topological polar surface area (TPSA) is 93.2 Å². The van der Waals surface area contributed by atoms with Crippen LogP contribution in [-0.2, 0) is 19.1 Å². The van der Waals surface area contributed by atoms with Crippen molar-refractivity contribution >= 4 is 34.5 Å². The monoisotopic (exact) mass is 438 g/mol. The number of rotatable bonds is 6. The van der Waals surface area contributed by atoms with Crippen LogP contribution >= 0.6 is 0 Å². The summed E-state index contributed by atoms with van der Waals surface area (Å²) in [6.45, 7) is 4.50. The SMILES string of the molecule is C[C@@H]1CN(C(=O)COC(=O)CCCN2C(=O)c3cccc4cccc(c34)C2=O)C[C@@H](C)O1. The number of imide groups is 1. The molecule has 4 rings (SSSR count). The second-order valence-electron chi connectivity index (χ2n) is 8.29. The molecular weight excluding hydrogens is 412 g/mol. The number of hydrogen-bond donors (Lipinski definition) is 0. The first-order chi connectivity index (χ1) is 15.3. The molecule has 2 atom stereocenters. The minimum absolute atomic E-state index is 0.00606. The highest BCUT2D eigenvalue weighted by molar-refractivity contribution is 6.25. The van der Waals surface area contributed by atoms with Gasteiger partial charge in [-0.1, -0.05) is 24.3 Å². The molecule has 1 fully saturated rings. The van der Waals surface area contributed by atoms with Crippen molar-refractivity contribution in [2.75, 3.05) is 26.2 Å². The molecule has 168 valence electrons. The Morgan fingerprint density at radius 2 is 1.59 bits per heavy atom. The molecular formula is C24H26N2O6. The molecule has 0 bridgehead atoms. The Labute approximate surface area is 186 Å². The van der Waals surface area contributed by atoms with Gasteiger partial charge in [0.1, 0.15) is 0 Å². The van der Waals surface area contributed by atoms with Crippen molar-refractivity contribution in [3.05, 3.63) is 47.5 Å². The van der Waals surface area contributed by atoms with Gasteiger partial charge in [0.05, 0.1) is 12.2 Å². The van der Waals surface area contributed by atoms with Gasteiger partial charge in [-0.2, -0.15) is 0 Å². The molecule has 0 radical (unpaired) electrons. The number of nitrogens with zero attached hydrogens (tertiary/aromatic N) is 2. The smallest absolute Gasteiger partial charge is 0.306 e. The molecule has 0 N–H and O–H groups in total. The molecule has 0 unspecified atom stereocenters. The van der Waals surface area contributed by atoms with Gasteiger partial charge >= 0.3 is 5.97 Å². The van der Waals surface area contributed by atoms with E-state index in [1.54, 1.807) is 29.2 Å². The standard InChI is InChI=1S/C24H26N2O6/c1-15-12-25(13-16(2)32-15)20(27)14-31-21(28)10-5-11-26-23(29)18-8-3-6-17-7-4-9-19(22(17)18)24(26)30/h3-4,6-9,15-16H,5,10-14H2,1-2H3/t15-,16-/m1/s1. The first-order valence-corrected chi connectivity index (χ1v) is 10.8. The summed E-state index contributed by atoms with van der Waals surface area (Å²) in [5.74, 6) is -1.52. The number of amides is 3. The van der Waals surface area contributed by atoms with Crippen LogP contribution < -0.4 is 0 Å². The van der Waals surface area contributed by atoms with Crippen molar-refractivity contribution in [1.29, 1.82) is 0 Å². The fraction of sp³-hybridized carbons (Fsp3) is 0.417. The minimum Gasteiger partial charge on any atom is -0.456 e. The van der Waals surface area contributed by atoms with E-state index in [0.29, 0.717) is 29.6 Å². The van der Waals surface area contributed by atoms with Crippen LogP contribution in [-0.4, -0.2) is 71.9 Å². The third kappa shape index (κ3) is 4.36. The van der Waals surface area contributed by atoms with E-state index in [-0.39, 0.29) is 55.9 Å². The van der Waals surface area contributed by atoms with Crippen LogP contribution in [0, 0.1) is 0 Å². The molecule has 2 aromatic carbocycles. The van der Waals surface area contributed by atoms with Gasteiger partial charge in [-0.3, -0.25) is 24.1 Å². The lowest BCUT2D eigenvalue weighted by molar-refractivity contribution is -0.157. The van der Waals surface area contributed by atoms with E-state index in [1.807, 2.05) is 26.0 Å². The maximum atomic E-state index is 12.9. The summed E-state index contributed by atoms with van der Waals surface area (Å²) in [5, 5.41) is 1.52. The summed E-state index contributed by atoms with van der Waals surface area (Å²) in [7, 11) is 0. The average Bonchev–Trinajstić information content (AvgIpc) is 2.77. The Kier molecular flexibility index (Phi) is 6.23. The van der Waals surface area contributed by atoms with E-state index in [9.17, 15) is 19.2 Å². The third-order valence-electron chi connectivity index (χ3n) is 5.75. The van der Waals surface area contributed by atoms with Gasteiger partial charge in [-0.05, 0) is 37.8 Å². The van der Waals surface area contributed by atoms with Crippen molar-refractivity contribution in [2.24, 2.45) is 0 Å². The highest BCUT2D eigenvalue weighted by Gasteiger charge is 2.32. The number of esters is 1. The number of benzene rings is 2. The van der Waals surface area contributed by atoms with Crippen LogP contribution in [0.2, 0.25) is 0 Å². The fourth-order valence-corrected chi connectivity index (χ4v) is 4.35. The zero-order valence-electron chi connectivity index (χ0n) is 18.2. The van der Waals surface area contributed by atoms with Crippen molar-refractivity contribution in [2.45, 2.75) is 38.9 Å². The first kappa shape index (κ1) is 22.0. The maximum absolute atomic E-state index is 12.9. The van der Waals surface area contributed by atoms with Crippen LogP contribution in [0.1, 0.15) is 47.4 Å². The molecule has 3 amide bonds. The molecule has 0 spiro atoms. The largest absolute Gasteiger partial charge is 0.456 e. The number of carbonyl (C=O) groups is 4. The first-order valence-electron chi connectivity index (χ1n) is 10.8. The molecule has 0 saturated carbocycles. The predicted octanol–water partition coefficient (Wildman–Crippen LogP) is 2.40. The van der Waals surface area contributed by atoms with E-state index in [1.165, 1.54) is 4.90 Å². The number of ether oxygens (including phenoxy) is 2. The van der Waals surface area contributed by atoms with Gasteiger partial charge < -0.3 is 14.4 Å². The lowest BCUT2D eigenvalue weighted by atomic mass is 9.94. The van der Waals surface area contributed by atoms with Gasteiger partial charge in [0.15, 0.2) is 6.61 Å². The summed E-state index contributed by atoms with van der Waals surface area (Å²) in [5.41, 5.74) is 0.972. The summed E-state index contributed by atoms with van der Waals surface area (Å²) >= 11 is 0. The Bertz CT molecular complexity index is 1020. The highest BCUT2D eigenvalue weighted by atomic mass is 16.5. The molecule has 2 aromatic rings. The van der Waals surface area contributed by atoms with Gasteiger partial charge in [0, 0.05) is 42.6 Å². The summed E-state index contributed by atoms with van der Waals surface area (Å²) in [4.78, 5) is 52.9. The van der Waals surface area contributed by atoms with Crippen LogP contribution in [0.4, 0.5) is 0 Å². The fourth-order valence-electron chi connectivity index (χ4n) is 4.35. The molecule has 8 nitrogen and oxygen atoms in total. The third-order valence-corrected chi connectivity index (χ3v) is 5.75. The van der Waals surface area contributed by atoms with Crippen molar-refractivity contribution < 1.29 is 28.7 Å². The van der Waals surface area contributed by atoms with E-state index >= 15 is 0 Å². The van der Waals surface area contributed by atoms with Crippen molar-refractivity contribution in [1.82, 2.24) is 9.80 Å². The second kappa shape index (κ2) is 9.08. The Morgan fingerprint density at radius 1 is 1.00 bits per heavy atom. The molecule has 0 aromatic heterocycles. The zero-order valence-corrected chi connectivity index (χ0v) is 18.2. The van der Waals surface area contributed by atoms with E-state index in [0.717, 1.165) is 5.39 Å². The lowest BCUT2D eigenvalue weighted by Gasteiger charge is -2.35. The second-order valence-corrected chi connectivity index (χ2v) is 8.29. The van der Waals surface area contributed by atoms with Crippen LogP contribution in [0.5, 0.6) is 0 Å². The summed E-state index contributed by atoms with van der Waals surface area (Å²) < 4.78 is 10.7. The molecule has 2 aliphatic rings. The highest BCUT2D eigenvalue weighted by Crippen LogP contribution is 2.30. The van der Waals surface area contributed by atoms with Crippen LogP contribution in [0.15, 0.2) is 36.4 Å². The Balaban J connectivity index is 1.29. The maximum Gasteiger partial charge on any atom is 0.306 e. The molecule has 0 aliphatic carbocycles. The van der Waals surface area contributed by atoms with Crippen LogP contribution in [0.3, 0.4) is 0 Å². The molecule has 1 saturated heterocycles. The number of morpholine rings is 1. The van der Waals surface area contributed by atoms with Gasteiger partial charge in [0.25, 0.3) is 17.7 Å². The summed E-state index contributed by atoms with van der Waals surface area (Å²) in [6, 6.07) is 10.7. The molecule has 2 aliphatic heterocycles. The van der Waals surface area contributed by atoms with Crippen molar-refractivity contribution in [3.8, 4) is 0 Å². The van der Waals surface area contributed by atoms with E-state index in [4.69, 9.17) is 9.47 Å². The van der Waals surface area contributed by atoms with Crippen molar-refractivity contribution in [3.63, 3.8) is 0 Å². The van der Waals surface area contributed by atoms with Gasteiger partial charge in [-0.25, -0.2) is 0 Å². The predicted molar refractivity (Wildman–Crippen MR) is 116 cm³/mol. The number of carbonyl (C=O) groups excluding carboxylic acids is 4. The lowest BCUT2D eigenvalue weighted by Crippen LogP contribution is -2.49. The van der Waals surface area contributed by atoms with E-state index in [2.05, 4.69) is 0 Å². The minimum atomic E-state index is -0.535. The quantitative estimate of drug-likeness (QED) is 0.508. The normalized spacial score (nSPS) is 20.6. The Morgan fingerprint density at radius 3 is 2.19 bits per heavy atom. The number of hydrogen-bond acceptors (Lipinski definition) is 6. The van der Waals surface area contributed by atoms with Crippen LogP contribution in [0.25, 0.3) is 10.8 Å². The van der Waals surface area contributed by atoms with Gasteiger partial charge in [-0.15, -0.1) is 0 Å². The zero-order chi connectivity index (χ0) is 22.8. The average molecular weight is 438 g/mol.